The van der Waals surface area contributed by atoms with Gasteiger partial charge in [-0.05, 0) is 62.3 Å². The first-order valence-electron chi connectivity index (χ1n) is 8.20. The van der Waals surface area contributed by atoms with Crippen LogP contribution in [0.4, 0.5) is 0 Å². The van der Waals surface area contributed by atoms with Crippen LogP contribution in [0, 0.1) is 11.8 Å². The highest BCUT2D eigenvalue weighted by Gasteiger charge is 2.41. The van der Waals surface area contributed by atoms with E-state index in [9.17, 15) is 4.79 Å². The number of hydrogen-bond acceptors (Lipinski definition) is 3. The second-order valence-electron chi connectivity index (χ2n) is 6.91. The molecule has 0 heterocycles. The third-order valence-electron chi connectivity index (χ3n) is 4.38. The summed E-state index contributed by atoms with van der Waals surface area (Å²) in [5, 5.41) is 3.09. The Balaban J connectivity index is 1.90. The van der Waals surface area contributed by atoms with E-state index in [0.29, 0.717) is 30.6 Å². The summed E-state index contributed by atoms with van der Waals surface area (Å²) in [7, 11) is 0. The Hall–Kier alpha value is -1.55. The fourth-order valence-corrected chi connectivity index (χ4v) is 2.49. The first-order chi connectivity index (χ1) is 10.4. The van der Waals surface area contributed by atoms with Crippen molar-refractivity contribution in [1.29, 1.82) is 0 Å². The minimum atomic E-state index is -0.288. The number of amides is 1. The zero-order valence-electron chi connectivity index (χ0n) is 13.9. The van der Waals surface area contributed by atoms with Crippen LogP contribution in [0.25, 0.3) is 0 Å². The van der Waals surface area contributed by atoms with Crippen LogP contribution in [0.1, 0.15) is 50.4 Å². The van der Waals surface area contributed by atoms with Crippen LogP contribution >= 0.6 is 0 Å². The van der Waals surface area contributed by atoms with Gasteiger partial charge in [-0.2, -0.15) is 0 Å². The van der Waals surface area contributed by atoms with Crippen molar-refractivity contribution in [1.82, 2.24) is 5.32 Å². The van der Waals surface area contributed by atoms with Crippen LogP contribution in [0.5, 0.6) is 5.75 Å². The zero-order chi connectivity index (χ0) is 16.2. The summed E-state index contributed by atoms with van der Waals surface area (Å²) in [4.78, 5) is 12.4. The highest BCUT2D eigenvalue weighted by atomic mass is 16.5. The van der Waals surface area contributed by atoms with Crippen LogP contribution in [0.2, 0.25) is 0 Å². The molecule has 1 amide bonds. The van der Waals surface area contributed by atoms with E-state index < -0.39 is 0 Å². The minimum absolute atomic E-state index is 0.0615. The van der Waals surface area contributed by atoms with Gasteiger partial charge in [0.05, 0.1) is 12.1 Å². The van der Waals surface area contributed by atoms with Crippen molar-refractivity contribution in [2.24, 2.45) is 17.6 Å². The number of benzene rings is 1. The lowest BCUT2D eigenvalue weighted by Gasteiger charge is -2.29. The number of nitrogens with two attached hydrogens (primary N) is 1. The van der Waals surface area contributed by atoms with E-state index in [1.165, 1.54) is 0 Å². The lowest BCUT2D eigenvalue weighted by atomic mass is 9.95. The van der Waals surface area contributed by atoms with Gasteiger partial charge in [-0.1, -0.05) is 13.8 Å². The lowest BCUT2D eigenvalue weighted by molar-refractivity contribution is 0.0898. The molecule has 2 rings (SSSR count). The van der Waals surface area contributed by atoms with Gasteiger partial charge in [-0.15, -0.1) is 0 Å². The van der Waals surface area contributed by atoms with Crippen LogP contribution in [0.15, 0.2) is 24.3 Å². The van der Waals surface area contributed by atoms with Crippen LogP contribution in [-0.4, -0.2) is 24.6 Å². The van der Waals surface area contributed by atoms with Crippen molar-refractivity contribution in [3.05, 3.63) is 29.8 Å². The predicted molar refractivity (Wildman–Crippen MR) is 89.0 cm³/mol. The summed E-state index contributed by atoms with van der Waals surface area (Å²) in [6.45, 7) is 7.55. The molecule has 4 heteroatoms. The maximum Gasteiger partial charge on any atom is 0.251 e. The Bertz CT molecular complexity index is 494. The summed E-state index contributed by atoms with van der Waals surface area (Å²) < 4.78 is 5.67. The standard InChI is InChI=1S/C18H28N2O2/c1-13(2)10-11-22-16-8-4-14(5-9-16)17(21)20-18(3,12-19)15-6-7-15/h4-5,8-9,13,15H,6-7,10-12,19H2,1-3H3,(H,20,21). The lowest BCUT2D eigenvalue weighted by Crippen LogP contribution is -2.53. The average molecular weight is 304 g/mol. The summed E-state index contributed by atoms with van der Waals surface area (Å²) in [6.07, 6.45) is 3.33. The second kappa shape index (κ2) is 7.14. The number of ether oxygens (including phenoxy) is 1. The first-order valence-corrected chi connectivity index (χ1v) is 8.20. The molecule has 122 valence electrons. The van der Waals surface area contributed by atoms with Crippen molar-refractivity contribution < 1.29 is 9.53 Å². The number of nitrogens with one attached hydrogen (secondary N) is 1. The summed E-state index contributed by atoms with van der Waals surface area (Å²) in [5.74, 6) is 1.89. The minimum Gasteiger partial charge on any atom is -0.494 e. The molecule has 0 aliphatic heterocycles. The maximum atomic E-state index is 12.4. The smallest absolute Gasteiger partial charge is 0.251 e. The molecule has 3 N–H and O–H groups in total. The Labute approximate surface area is 133 Å². The van der Waals surface area contributed by atoms with Crippen molar-refractivity contribution in [2.45, 2.75) is 45.6 Å². The van der Waals surface area contributed by atoms with Gasteiger partial charge in [0.1, 0.15) is 5.75 Å². The van der Waals surface area contributed by atoms with E-state index in [1.54, 1.807) is 0 Å². The summed E-state index contributed by atoms with van der Waals surface area (Å²) in [6, 6.07) is 7.33. The quantitative estimate of drug-likeness (QED) is 0.776. The number of carbonyl (C=O) groups excluding carboxylic acids is 1. The molecule has 1 aliphatic rings. The molecule has 1 fully saturated rings. The highest BCUT2D eigenvalue weighted by Crippen LogP contribution is 2.39. The largest absolute Gasteiger partial charge is 0.494 e. The van der Waals surface area contributed by atoms with Crippen molar-refractivity contribution >= 4 is 5.91 Å². The molecule has 22 heavy (non-hydrogen) atoms. The first kappa shape index (κ1) is 16.8. The van der Waals surface area contributed by atoms with Gasteiger partial charge in [0.15, 0.2) is 0 Å². The van der Waals surface area contributed by atoms with Crippen molar-refractivity contribution in [3.63, 3.8) is 0 Å². The van der Waals surface area contributed by atoms with E-state index in [1.807, 2.05) is 31.2 Å². The second-order valence-corrected chi connectivity index (χ2v) is 6.91. The van der Waals surface area contributed by atoms with E-state index in [4.69, 9.17) is 10.5 Å². The van der Waals surface area contributed by atoms with E-state index in [-0.39, 0.29) is 11.4 Å². The highest BCUT2D eigenvalue weighted by molar-refractivity contribution is 5.94. The molecular formula is C18H28N2O2. The molecule has 4 nitrogen and oxygen atoms in total. The van der Waals surface area contributed by atoms with Crippen LogP contribution < -0.4 is 15.8 Å². The number of carbonyl (C=O) groups is 1. The van der Waals surface area contributed by atoms with Crippen molar-refractivity contribution in [2.75, 3.05) is 13.2 Å². The molecule has 0 aromatic heterocycles. The van der Waals surface area contributed by atoms with Gasteiger partial charge >= 0.3 is 0 Å². The van der Waals surface area contributed by atoms with E-state index >= 15 is 0 Å². The topological polar surface area (TPSA) is 64.3 Å². The third kappa shape index (κ3) is 4.47. The number of rotatable bonds is 8. The molecule has 0 saturated heterocycles. The molecule has 1 aliphatic carbocycles. The molecule has 0 spiro atoms. The number of hydrogen-bond donors (Lipinski definition) is 2. The predicted octanol–water partition coefficient (Wildman–Crippen LogP) is 2.97. The molecule has 1 atom stereocenters. The monoisotopic (exact) mass is 304 g/mol. The van der Waals surface area contributed by atoms with Crippen molar-refractivity contribution in [3.8, 4) is 5.75 Å². The van der Waals surface area contributed by atoms with Gasteiger partial charge in [0, 0.05) is 12.1 Å². The van der Waals surface area contributed by atoms with Crippen LogP contribution in [0.3, 0.4) is 0 Å². The molecule has 1 unspecified atom stereocenters. The Morgan fingerprint density at radius 2 is 2.00 bits per heavy atom. The van der Waals surface area contributed by atoms with Gasteiger partial charge in [-0.25, -0.2) is 0 Å². The summed E-state index contributed by atoms with van der Waals surface area (Å²) in [5.41, 5.74) is 6.20. The summed E-state index contributed by atoms with van der Waals surface area (Å²) >= 11 is 0. The Morgan fingerprint density at radius 3 is 2.50 bits per heavy atom. The van der Waals surface area contributed by atoms with E-state index in [0.717, 1.165) is 25.0 Å². The average Bonchev–Trinajstić information content (AvgIpc) is 3.32. The Kier molecular flexibility index (Phi) is 5.46. The Morgan fingerprint density at radius 1 is 1.36 bits per heavy atom. The third-order valence-corrected chi connectivity index (χ3v) is 4.38. The van der Waals surface area contributed by atoms with Gasteiger partial charge < -0.3 is 15.8 Å². The molecule has 1 saturated carbocycles. The fourth-order valence-electron chi connectivity index (χ4n) is 2.49. The SMILES string of the molecule is CC(C)CCOc1ccc(C(=O)NC(C)(CN)C2CC2)cc1. The zero-order valence-corrected chi connectivity index (χ0v) is 13.9. The van der Waals surface area contributed by atoms with Gasteiger partial charge in [0.2, 0.25) is 0 Å². The fraction of sp³-hybridized carbons (Fsp3) is 0.611. The molecule has 1 aromatic rings. The normalized spacial score (nSPS) is 17.1. The van der Waals surface area contributed by atoms with Gasteiger partial charge in [-0.3, -0.25) is 4.79 Å². The maximum absolute atomic E-state index is 12.4. The van der Waals surface area contributed by atoms with Gasteiger partial charge in [0.25, 0.3) is 5.91 Å². The molecular weight excluding hydrogens is 276 g/mol. The molecule has 1 aromatic carbocycles. The molecule has 0 radical (unpaired) electrons. The van der Waals surface area contributed by atoms with E-state index in [2.05, 4.69) is 19.2 Å². The van der Waals surface area contributed by atoms with Crippen LogP contribution in [-0.2, 0) is 0 Å². The molecule has 0 bridgehead atoms.